The number of rotatable bonds is 7. The molecule has 1 N–H and O–H groups in total. The first-order valence-corrected chi connectivity index (χ1v) is 12.1. The van der Waals surface area contributed by atoms with E-state index in [1.807, 2.05) is 30.3 Å². The molecule has 0 atom stereocenters. The summed E-state index contributed by atoms with van der Waals surface area (Å²) in [5, 5.41) is 5.54. The number of nitrogens with one attached hydrogen (secondary N) is 1. The Morgan fingerprint density at radius 1 is 1.19 bits per heavy atom. The molecule has 1 aliphatic heterocycles. The Hall–Kier alpha value is -2.86. The fourth-order valence-electron chi connectivity index (χ4n) is 3.05. The van der Waals surface area contributed by atoms with Gasteiger partial charge in [-0.3, -0.25) is 0 Å². The molecule has 11 heteroatoms. The Morgan fingerprint density at radius 3 is 2.69 bits per heavy atom. The third kappa shape index (κ3) is 5.13. The maximum Gasteiger partial charge on any atom is 0.338 e. The van der Waals surface area contributed by atoms with Gasteiger partial charge in [-0.15, -0.1) is 11.3 Å². The van der Waals surface area contributed by atoms with Gasteiger partial charge in [0.15, 0.2) is 5.13 Å². The van der Waals surface area contributed by atoms with Crippen LogP contribution in [0.15, 0.2) is 58.8 Å². The second-order valence-corrected chi connectivity index (χ2v) is 9.64. The maximum absolute atomic E-state index is 14.3. The molecule has 1 saturated heterocycles. The number of nitrogens with zero attached hydrogens (tertiary/aromatic N) is 2. The zero-order valence-corrected chi connectivity index (χ0v) is 18.5. The average molecular weight is 478 g/mol. The predicted octanol–water partition coefficient (Wildman–Crippen LogP) is 3.40. The van der Waals surface area contributed by atoms with Crippen LogP contribution in [0.25, 0.3) is 0 Å². The van der Waals surface area contributed by atoms with E-state index in [9.17, 15) is 17.6 Å². The van der Waals surface area contributed by atoms with Gasteiger partial charge in [-0.1, -0.05) is 18.2 Å². The van der Waals surface area contributed by atoms with Crippen molar-refractivity contribution in [2.75, 3.05) is 31.6 Å². The second-order valence-electron chi connectivity index (χ2n) is 6.87. The van der Waals surface area contributed by atoms with E-state index in [4.69, 9.17) is 9.47 Å². The molecule has 2 heterocycles. The minimum atomic E-state index is -4.09. The number of sulfonamides is 1. The molecule has 0 bridgehead atoms. The lowest BCUT2D eigenvalue weighted by molar-refractivity contribution is 0.0468. The highest BCUT2D eigenvalue weighted by molar-refractivity contribution is 7.89. The van der Waals surface area contributed by atoms with Crippen LogP contribution < -0.4 is 5.32 Å². The lowest BCUT2D eigenvalue weighted by Crippen LogP contribution is -2.41. The van der Waals surface area contributed by atoms with Crippen LogP contribution in [-0.2, 0) is 26.1 Å². The van der Waals surface area contributed by atoms with Gasteiger partial charge < -0.3 is 14.8 Å². The Bertz CT molecular complexity index is 1200. The number of anilines is 2. The number of hydrogen-bond acceptors (Lipinski definition) is 8. The van der Waals surface area contributed by atoms with Crippen molar-refractivity contribution >= 4 is 38.1 Å². The number of hydrogen-bond donors (Lipinski definition) is 1. The van der Waals surface area contributed by atoms with E-state index in [1.54, 1.807) is 5.38 Å². The van der Waals surface area contributed by atoms with E-state index >= 15 is 0 Å². The summed E-state index contributed by atoms with van der Waals surface area (Å²) >= 11 is 1.36. The van der Waals surface area contributed by atoms with Crippen molar-refractivity contribution in [1.29, 1.82) is 0 Å². The number of aromatic nitrogens is 1. The highest BCUT2D eigenvalue weighted by Gasteiger charge is 2.30. The summed E-state index contributed by atoms with van der Waals surface area (Å²) in [5.74, 6) is -1.70. The van der Waals surface area contributed by atoms with Crippen molar-refractivity contribution in [2.45, 2.75) is 11.5 Å². The SMILES string of the molecule is O=C(OCc1csc(Nc2ccccc2)n1)c1ccc(F)c(S(=O)(=O)N2CCOCC2)c1. The van der Waals surface area contributed by atoms with Crippen molar-refractivity contribution in [3.05, 3.63) is 71.0 Å². The van der Waals surface area contributed by atoms with Gasteiger partial charge in [-0.25, -0.2) is 22.6 Å². The summed E-state index contributed by atoms with van der Waals surface area (Å²) in [4.78, 5) is 16.3. The van der Waals surface area contributed by atoms with Gasteiger partial charge in [-0.2, -0.15) is 4.31 Å². The number of carbonyl (C=O) groups excluding carboxylic acids is 1. The molecule has 0 amide bonds. The molecular formula is C21H20FN3O5S2. The van der Waals surface area contributed by atoms with E-state index in [1.165, 1.54) is 17.4 Å². The Kier molecular flexibility index (Phi) is 6.80. The normalized spacial score (nSPS) is 14.8. The summed E-state index contributed by atoms with van der Waals surface area (Å²) in [5.41, 5.74) is 1.35. The summed E-state index contributed by atoms with van der Waals surface area (Å²) in [6.45, 7) is 0.614. The number of thiazole rings is 1. The maximum atomic E-state index is 14.3. The molecule has 8 nitrogen and oxygen atoms in total. The number of morpholine rings is 1. The molecule has 32 heavy (non-hydrogen) atoms. The standard InChI is InChI=1S/C21H20FN3O5S2/c22-18-7-6-15(12-19(18)32(27,28)25-8-10-29-11-9-25)20(26)30-13-17-14-31-21(24-17)23-16-4-2-1-3-5-16/h1-7,12,14H,8-11,13H2,(H,23,24). The lowest BCUT2D eigenvalue weighted by Gasteiger charge is -2.26. The largest absolute Gasteiger partial charge is 0.456 e. The monoisotopic (exact) mass is 477 g/mol. The highest BCUT2D eigenvalue weighted by Crippen LogP contribution is 2.24. The molecule has 0 saturated carbocycles. The fraction of sp³-hybridized carbons (Fsp3) is 0.238. The van der Waals surface area contributed by atoms with E-state index < -0.39 is 26.7 Å². The number of ether oxygens (including phenoxy) is 2. The van der Waals surface area contributed by atoms with Crippen LogP contribution in [0.1, 0.15) is 16.1 Å². The Labute approximate surface area is 188 Å². The fourth-order valence-corrected chi connectivity index (χ4v) is 5.27. The molecule has 0 aliphatic carbocycles. The number of para-hydroxylation sites is 1. The molecule has 0 radical (unpaired) electrons. The third-order valence-electron chi connectivity index (χ3n) is 4.68. The van der Waals surface area contributed by atoms with Crippen LogP contribution in [0.3, 0.4) is 0 Å². The van der Waals surface area contributed by atoms with Gasteiger partial charge >= 0.3 is 5.97 Å². The molecule has 4 rings (SSSR count). The molecular weight excluding hydrogens is 457 g/mol. The van der Waals surface area contributed by atoms with E-state index in [-0.39, 0.29) is 38.5 Å². The van der Waals surface area contributed by atoms with E-state index in [2.05, 4.69) is 10.3 Å². The van der Waals surface area contributed by atoms with Gasteiger partial charge in [0.05, 0.1) is 24.5 Å². The summed E-state index contributed by atoms with van der Waals surface area (Å²) in [6.07, 6.45) is 0. The van der Waals surface area contributed by atoms with Crippen LogP contribution in [0.4, 0.5) is 15.2 Å². The Balaban J connectivity index is 1.42. The molecule has 1 aromatic heterocycles. The molecule has 1 aliphatic rings. The van der Waals surface area contributed by atoms with E-state index in [0.717, 1.165) is 22.1 Å². The summed E-state index contributed by atoms with van der Waals surface area (Å²) in [7, 11) is -4.09. The highest BCUT2D eigenvalue weighted by atomic mass is 32.2. The van der Waals surface area contributed by atoms with Crippen molar-refractivity contribution in [3.63, 3.8) is 0 Å². The van der Waals surface area contributed by atoms with Crippen molar-refractivity contribution < 1.29 is 27.1 Å². The molecule has 168 valence electrons. The number of benzene rings is 2. The molecule has 1 fully saturated rings. The molecule has 0 spiro atoms. The smallest absolute Gasteiger partial charge is 0.338 e. The lowest BCUT2D eigenvalue weighted by atomic mass is 10.2. The Morgan fingerprint density at radius 2 is 1.94 bits per heavy atom. The van der Waals surface area contributed by atoms with Crippen LogP contribution in [-0.4, -0.2) is 50.0 Å². The average Bonchev–Trinajstić information content (AvgIpc) is 3.26. The zero-order chi connectivity index (χ0) is 22.6. The molecule has 0 unspecified atom stereocenters. The number of esters is 1. The minimum absolute atomic E-state index is 0.0592. The van der Waals surface area contributed by atoms with E-state index in [0.29, 0.717) is 10.8 Å². The molecule has 2 aromatic carbocycles. The van der Waals surface area contributed by atoms with Crippen LogP contribution >= 0.6 is 11.3 Å². The second kappa shape index (κ2) is 9.74. The zero-order valence-electron chi connectivity index (χ0n) is 16.9. The summed E-state index contributed by atoms with van der Waals surface area (Å²) in [6, 6.07) is 12.7. The topological polar surface area (TPSA) is 97.8 Å². The van der Waals surface area contributed by atoms with Crippen LogP contribution in [0.5, 0.6) is 0 Å². The number of halogens is 1. The third-order valence-corrected chi connectivity index (χ3v) is 7.40. The van der Waals surface area contributed by atoms with Gasteiger partial charge in [0.2, 0.25) is 10.0 Å². The van der Waals surface area contributed by atoms with Crippen molar-refractivity contribution in [3.8, 4) is 0 Å². The quantitative estimate of drug-likeness (QED) is 0.521. The first-order chi connectivity index (χ1) is 15.4. The summed E-state index contributed by atoms with van der Waals surface area (Å²) < 4.78 is 51.4. The van der Waals surface area contributed by atoms with Crippen molar-refractivity contribution in [2.24, 2.45) is 0 Å². The van der Waals surface area contributed by atoms with Gasteiger partial charge in [-0.05, 0) is 30.3 Å². The van der Waals surface area contributed by atoms with Crippen LogP contribution in [0.2, 0.25) is 0 Å². The predicted molar refractivity (Wildman–Crippen MR) is 117 cm³/mol. The van der Waals surface area contributed by atoms with Crippen LogP contribution in [0, 0.1) is 5.82 Å². The number of carbonyl (C=O) groups is 1. The first kappa shape index (κ1) is 22.3. The van der Waals surface area contributed by atoms with Gasteiger partial charge in [0.25, 0.3) is 0 Å². The van der Waals surface area contributed by atoms with Crippen molar-refractivity contribution in [1.82, 2.24) is 9.29 Å². The minimum Gasteiger partial charge on any atom is -0.456 e. The first-order valence-electron chi connectivity index (χ1n) is 9.74. The van der Waals surface area contributed by atoms with Gasteiger partial charge in [0.1, 0.15) is 17.3 Å². The van der Waals surface area contributed by atoms with Gasteiger partial charge in [0, 0.05) is 24.2 Å². The molecule has 3 aromatic rings.